The normalized spacial score (nSPS) is 26.4. The van der Waals surface area contributed by atoms with Gasteiger partial charge in [-0.2, -0.15) is 13.2 Å². The first-order valence-electron chi connectivity index (χ1n) is 7.20. The number of nitrogens with one attached hydrogen (secondary N) is 1. The molecule has 0 radical (unpaired) electrons. The Kier molecular flexibility index (Phi) is 5.68. The van der Waals surface area contributed by atoms with E-state index in [0.717, 1.165) is 19.5 Å². The lowest BCUT2D eigenvalue weighted by Crippen LogP contribution is -2.63. The van der Waals surface area contributed by atoms with Crippen LogP contribution in [0.1, 0.15) is 47.0 Å². The van der Waals surface area contributed by atoms with Crippen LogP contribution in [0.2, 0.25) is 0 Å². The fourth-order valence-electron chi connectivity index (χ4n) is 2.75. The van der Waals surface area contributed by atoms with Crippen LogP contribution in [-0.4, -0.2) is 42.3 Å². The van der Waals surface area contributed by atoms with Crippen LogP contribution < -0.4 is 5.32 Å². The van der Waals surface area contributed by atoms with Crippen molar-refractivity contribution in [2.75, 3.05) is 19.6 Å². The van der Waals surface area contributed by atoms with Crippen molar-refractivity contribution in [3.63, 3.8) is 0 Å². The second kappa shape index (κ2) is 6.44. The number of piperazine rings is 1. The zero-order chi connectivity index (χ0) is 14.7. The maximum atomic E-state index is 12.3. The molecule has 0 spiro atoms. The van der Waals surface area contributed by atoms with Gasteiger partial charge in [0.1, 0.15) is 0 Å². The summed E-state index contributed by atoms with van der Waals surface area (Å²) >= 11 is 0. The van der Waals surface area contributed by atoms with Gasteiger partial charge in [0, 0.05) is 31.1 Å². The Morgan fingerprint density at radius 1 is 1.37 bits per heavy atom. The van der Waals surface area contributed by atoms with Crippen molar-refractivity contribution in [2.45, 2.75) is 64.7 Å². The summed E-state index contributed by atoms with van der Waals surface area (Å²) in [6.07, 6.45) is -3.45. The number of nitrogens with zero attached hydrogens (tertiary/aromatic N) is 1. The predicted octanol–water partition coefficient (Wildman–Crippen LogP) is 3.43. The van der Waals surface area contributed by atoms with E-state index in [0.29, 0.717) is 18.5 Å². The lowest BCUT2D eigenvalue weighted by molar-refractivity contribution is -0.136. The average molecular weight is 280 g/mol. The lowest BCUT2D eigenvalue weighted by Gasteiger charge is -2.47. The third-order valence-electron chi connectivity index (χ3n) is 4.06. The molecule has 0 aliphatic carbocycles. The van der Waals surface area contributed by atoms with E-state index < -0.39 is 12.6 Å². The van der Waals surface area contributed by atoms with Gasteiger partial charge in [0.05, 0.1) is 0 Å². The molecule has 19 heavy (non-hydrogen) atoms. The van der Waals surface area contributed by atoms with Crippen LogP contribution in [0.4, 0.5) is 13.2 Å². The van der Waals surface area contributed by atoms with E-state index in [1.54, 1.807) is 0 Å². The van der Waals surface area contributed by atoms with E-state index in [1.807, 2.05) is 0 Å². The Morgan fingerprint density at radius 2 is 2.00 bits per heavy atom. The first-order valence-corrected chi connectivity index (χ1v) is 7.20. The molecule has 1 saturated heterocycles. The molecule has 1 aliphatic heterocycles. The third kappa shape index (κ3) is 5.69. The Hall–Kier alpha value is -0.290. The van der Waals surface area contributed by atoms with Crippen LogP contribution in [0, 0.1) is 5.92 Å². The first kappa shape index (κ1) is 16.8. The maximum Gasteiger partial charge on any atom is 0.389 e. The largest absolute Gasteiger partial charge is 0.389 e. The highest BCUT2D eigenvalue weighted by Gasteiger charge is 2.35. The highest BCUT2D eigenvalue weighted by Crippen LogP contribution is 2.25. The SMILES string of the molecule is CCC(C)C1CNC(C)(C)CN1CCCC(F)(F)F. The summed E-state index contributed by atoms with van der Waals surface area (Å²) in [6.45, 7) is 10.8. The van der Waals surface area contributed by atoms with Crippen LogP contribution in [0.25, 0.3) is 0 Å². The fourth-order valence-corrected chi connectivity index (χ4v) is 2.75. The van der Waals surface area contributed by atoms with Crippen LogP contribution in [-0.2, 0) is 0 Å². The molecule has 0 saturated carbocycles. The molecule has 2 atom stereocenters. The summed E-state index contributed by atoms with van der Waals surface area (Å²) < 4.78 is 36.8. The minimum atomic E-state index is -4.03. The Labute approximate surface area is 114 Å². The minimum Gasteiger partial charge on any atom is -0.309 e. The molecule has 0 aromatic heterocycles. The molecule has 1 heterocycles. The molecule has 1 fully saturated rings. The van der Waals surface area contributed by atoms with Gasteiger partial charge in [0.15, 0.2) is 0 Å². The molecule has 5 heteroatoms. The molecular formula is C14H27F3N2. The van der Waals surface area contributed by atoms with Crippen molar-refractivity contribution < 1.29 is 13.2 Å². The van der Waals surface area contributed by atoms with Gasteiger partial charge in [0.2, 0.25) is 0 Å². The first-order chi connectivity index (χ1) is 8.64. The van der Waals surface area contributed by atoms with E-state index in [-0.39, 0.29) is 12.0 Å². The molecule has 1 rings (SSSR count). The predicted molar refractivity (Wildman–Crippen MR) is 72.2 cm³/mol. The molecule has 0 aromatic rings. The monoisotopic (exact) mass is 280 g/mol. The second-order valence-corrected chi connectivity index (χ2v) is 6.41. The number of hydrogen-bond donors (Lipinski definition) is 1. The Morgan fingerprint density at radius 3 is 2.53 bits per heavy atom. The summed E-state index contributed by atoms with van der Waals surface area (Å²) in [5, 5.41) is 3.50. The van der Waals surface area contributed by atoms with Crippen LogP contribution in [0.15, 0.2) is 0 Å². The molecule has 2 unspecified atom stereocenters. The number of rotatable bonds is 5. The van der Waals surface area contributed by atoms with Gasteiger partial charge in [0.25, 0.3) is 0 Å². The number of alkyl halides is 3. The van der Waals surface area contributed by atoms with Crippen molar-refractivity contribution in [2.24, 2.45) is 5.92 Å². The summed E-state index contributed by atoms with van der Waals surface area (Å²) in [7, 11) is 0. The minimum absolute atomic E-state index is 0.0117. The molecule has 0 amide bonds. The maximum absolute atomic E-state index is 12.3. The van der Waals surface area contributed by atoms with Gasteiger partial charge < -0.3 is 5.32 Å². The average Bonchev–Trinajstić information content (AvgIpc) is 2.25. The summed E-state index contributed by atoms with van der Waals surface area (Å²) in [4.78, 5) is 2.25. The summed E-state index contributed by atoms with van der Waals surface area (Å²) in [6, 6.07) is 0.353. The molecule has 2 nitrogen and oxygen atoms in total. The molecular weight excluding hydrogens is 253 g/mol. The van der Waals surface area contributed by atoms with Crippen molar-refractivity contribution in [3.05, 3.63) is 0 Å². The molecule has 1 N–H and O–H groups in total. The van der Waals surface area contributed by atoms with E-state index in [1.165, 1.54) is 0 Å². The summed E-state index contributed by atoms with van der Waals surface area (Å²) in [5.74, 6) is 0.509. The Bertz CT molecular complexity index is 276. The van der Waals surface area contributed by atoms with Gasteiger partial charge >= 0.3 is 6.18 Å². The van der Waals surface area contributed by atoms with Gasteiger partial charge in [-0.15, -0.1) is 0 Å². The van der Waals surface area contributed by atoms with E-state index in [2.05, 4.69) is 37.9 Å². The molecule has 114 valence electrons. The standard InChI is InChI=1S/C14H27F3N2/c1-5-11(2)12-9-18-13(3,4)10-19(12)8-6-7-14(15,16)17/h11-12,18H,5-10H2,1-4H3. The number of hydrogen-bond acceptors (Lipinski definition) is 2. The van der Waals surface area contributed by atoms with E-state index in [9.17, 15) is 13.2 Å². The highest BCUT2D eigenvalue weighted by molar-refractivity contribution is 4.93. The second-order valence-electron chi connectivity index (χ2n) is 6.41. The van der Waals surface area contributed by atoms with E-state index >= 15 is 0 Å². The van der Waals surface area contributed by atoms with Crippen LogP contribution in [0.3, 0.4) is 0 Å². The van der Waals surface area contributed by atoms with Gasteiger partial charge in [-0.3, -0.25) is 4.90 Å². The van der Waals surface area contributed by atoms with E-state index in [4.69, 9.17) is 0 Å². The van der Waals surface area contributed by atoms with Crippen LogP contribution >= 0.6 is 0 Å². The molecule has 1 aliphatic rings. The lowest BCUT2D eigenvalue weighted by atomic mass is 9.90. The fraction of sp³-hybridized carbons (Fsp3) is 1.00. The van der Waals surface area contributed by atoms with Crippen LogP contribution in [0.5, 0.6) is 0 Å². The molecule has 0 aromatic carbocycles. The highest BCUT2D eigenvalue weighted by atomic mass is 19.4. The van der Waals surface area contributed by atoms with Crippen molar-refractivity contribution in [1.29, 1.82) is 0 Å². The number of halogens is 3. The topological polar surface area (TPSA) is 15.3 Å². The van der Waals surface area contributed by atoms with Gasteiger partial charge in [-0.1, -0.05) is 20.3 Å². The Balaban J connectivity index is 2.56. The zero-order valence-corrected chi connectivity index (χ0v) is 12.5. The quantitative estimate of drug-likeness (QED) is 0.830. The smallest absolute Gasteiger partial charge is 0.309 e. The van der Waals surface area contributed by atoms with Crippen molar-refractivity contribution in [3.8, 4) is 0 Å². The summed E-state index contributed by atoms with van der Waals surface area (Å²) in [5.41, 5.74) is -0.0117. The zero-order valence-electron chi connectivity index (χ0n) is 12.5. The van der Waals surface area contributed by atoms with Gasteiger partial charge in [-0.05, 0) is 32.7 Å². The molecule has 0 bridgehead atoms. The van der Waals surface area contributed by atoms with Crippen molar-refractivity contribution >= 4 is 0 Å². The van der Waals surface area contributed by atoms with Gasteiger partial charge in [-0.25, -0.2) is 0 Å². The third-order valence-corrected chi connectivity index (χ3v) is 4.06. The van der Waals surface area contributed by atoms with Crippen molar-refractivity contribution in [1.82, 2.24) is 10.2 Å².